The van der Waals surface area contributed by atoms with Gasteiger partial charge in [-0.1, -0.05) is 6.07 Å². The summed E-state index contributed by atoms with van der Waals surface area (Å²) >= 11 is 0. The van der Waals surface area contributed by atoms with Crippen LogP contribution in [0.5, 0.6) is 0 Å². The minimum Gasteiger partial charge on any atom is -0.280 e. The van der Waals surface area contributed by atoms with E-state index in [2.05, 4.69) is 14.4 Å². The van der Waals surface area contributed by atoms with Gasteiger partial charge in [-0.25, -0.2) is 26.2 Å². The molecule has 0 aliphatic heterocycles. The highest BCUT2D eigenvalue weighted by Crippen LogP contribution is 2.20. The molecule has 10 heteroatoms. The number of pyridine rings is 1. The summed E-state index contributed by atoms with van der Waals surface area (Å²) in [5.41, 5.74) is 0.163. The lowest BCUT2D eigenvalue weighted by Gasteiger charge is -2.10. The van der Waals surface area contributed by atoms with E-state index in [1.165, 1.54) is 36.5 Å². The van der Waals surface area contributed by atoms with Crippen molar-refractivity contribution in [2.24, 2.45) is 0 Å². The van der Waals surface area contributed by atoms with Crippen LogP contribution in [-0.4, -0.2) is 21.8 Å². The lowest BCUT2D eigenvalue weighted by molar-refractivity contribution is 0.599. The van der Waals surface area contributed by atoms with Crippen molar-refractivity contribution in [3.63, 3.8) is 0 Å². The number of nitrogens with zero attached hydrogens (tertiary/aromatic N) is 1. The zero-order valence-corrected chi connectivity index (χ0v) is 15.3. The molecule has 3 rings (SSSR count). The van der Waals surface area contributed by atoms with E-state index in [1.54, 1.807) is 12.1 Å². The van der Waals surface area contributed by atoms with Gasteiger partial charge in [0.25, 0.3) is 20.0 Å². The summed E-state index contributed by atoms with van der Waals surface area (Å²) in [6.07, 6.45) is 1.45. The predicted molar refractivity (Wildman–Crippen MR) is 98.7 cm³/mol. The van der Waals surface area contributed by atoms with Crippen molar-refractivity contribution in [2.75, 3.05) is 9.44 Å². The van der Waals surface area contributed by atoms with Crippen LogP contribution in [0.1, 0.15) is 0 Å². The number of aromatic nitrogens is 1. The molecule has 0 spiro atoms. The molecular formula is C17H14FN3O4S2. The van der Waals surface area contributed by atoms with E-state index in [-0.39, 0.29) is 21.3 Å². The molecule has 2 aromatic carbocycles. The lowest BCUT2D eigenvalue weighted by Crippen LogP contribution is -2.15. The van der Waals surface area contributed by atoms with Crippen molar-refractivity contribution in [1.29, 1.82) is 0 Å². The van der Waals surface area contributed by atoms with Gasteiger partial charge in [0.2, 0.25) is 0 Å². The zero-order chi connectivity index (χ0) is 19.5. The number of rotatable bonds is 6. The largest absolute Gasteiger partial charge is 0.280 e. The van der Waals surface area contributed by atoms with E-state index >= 15 is 0 Å². The smallest absolute Gasteiger partial charge is 0.263 e. The Morgan fingerprint density at radius 3 is 1.81 bits per heavy atom. The summed E-state index contributed by atoms with van der Waals surface area (Å²) in [6.45, 7) is 0. The molecule has 27 heavy (non-hydrogen) atoms. The maximum Gasteiger partial charge on any atom is 0.263 e. The first-order valence-corrected chi connectivity index (χ1v) is 10.6. The van der Waals surface area contributed by atoms with Gasteiger partial charge in [0, 0.05) is 11.9 Å². The molecule has 0 amide bonds. The number of nitrogens with one attached hydrogen (secondary N) is 2. The minimum absolute atomic E-state index is 0.0575. The highest BCUT2D eigenvalue weighted by atomic mass is 32.2. The van der Waals surface area contributed by atoms with Crippen LogP contribution < -0.4 is 9.44 Å². The van der Waals surface area contributed by atoms with Gasteiger partial charge in [-0.05, 0) is 60.7 Å². The number of hydrogen-bond donors (Lipinski definition) is 2. The number of halogens is 1. The zero-order valence-electron chi connectivity index (χ0n) is 13.7. The molecule has 140 valence electrons. The summed E-state index contributed by atoms with van der Waals surface area (Å²) < 4.78 is 66.7. The SMILES string of the molecule is O=S(=O)(Nc1ccc(S(=O)(=O)Nc2ccccn2)cc1)c1ccc(F)cc1. The van der Waals surface area contributed by atoms with Gasteiger partial charge in [0.05, 0.1) is 9.79 Å². The van der Waals surface area contributed by atoms with Crippen molar-refractivity contribution in [3.05, 3.63) is 78.7 Å². The molecule has 2 N–H and O–H groups in total. The van der Waals surface area contributed by atoms with Crippen molar-refractivity contribution in [3.8, 4) is 0 Å². The molecule has 0 aliphatic carbocycles. The Bertz CT molecular complexity index is 1130. The van der Waals surface area contributed by atoms with Crippen LogP contribution in [0.15, 0.2) is 82.7 Å². The molecule has 7 nitrogen and oxygen atoms in total. The van der Waals surface area contributed by atoms with Gasteiger partial charge in [-0.3, -0.25) is 9.44 Å². The third-order valence-electron chi connectivity index (χ3n) is 3.44. The molecule has 0 saturated heterocycles. The highest BCUT2D eigenvalue weighted by molar-refractivity contribution is 7.93. The molecule has 0 atom stereocenters. The van der Waals surface area contributed by atoms with Gasteiger partial charge in [0.1, 0.15) is 11.6 Å². The molecule has 1 aromatic heterocycles. The molecular weight excluding hydrogens is 393 g/mol. The first kappa shape index (κ1) is 18.8. The Kier molecular flexibility index (Phi) is 5.10. The van der Waals surface area contributed by atoms with Crippen molar-refractivity contribution >= 4 is 31.6 Å². The fourth-order valence-electron chi connectivity index (χ4n) is 2.15. The highest BCUT2D eigenvalue weighted by Gasteiger charge is 2.17. The Hall–Kier alpha value is -2.98. The fourth-order valence-corrected chi connectivity index (χ4v) is 4.22. The fraction of sp³-hybridized carbons (Fsp3) is 0. The summed E-state index contributed by atoms with van der Waals surface area (Å²) in [5.74, 6) is -0.387. The molecule has 0 aliphatic rings. The second kappa shape index (κ2) is 7.33. The quantitative estimate of drug-likeness (QED) is 0.654. The van der Waals surface area contributed by atoms with Gasteiger partial charge in [0.15, 0.2) is 0 Å². The summed E-state index contributed by atoms with van der Waals surface area (Å²) in [4.78, 5) is 3.72. The molecule has 1 heterocycles. The van der Waals surface area contributed by atoms with Crippen molar-refractivity contribution in [1.82, 2.24) is 4.98 Å². The first-order chi connectivity index (χ1) is 12.8. The number of benzene rings is 2. The van der Waals surface area contributed by atoms with Gasteiger partial charge in [-0.2, -0.15) is 0 Å². The van der Waals surface area contributed by atoms with Gasteiger partial charge < -0.3 is 0 Å². The molecule has 0 unspecified atom stereocenters. The second-order valence-electron chi connectivity index (χ2n) is 5.40. The first-order valence-electron chi connectivity index (χ1n) is 7.59. The molecule has 0 fully saturated rings. The molecule has 0 bridgehead atoms. The van der Waals surface area contributed by atoms with E-state index in [0.717, 1.165) is 24.3 Å². The Morgan fingerprint density at radius 1 is 0.704 bits per heavy atom. The average molecular weight is 407 g/mol. The van der Waals surface area contributed by atoms with Crippen LogP contribution in [-0.2, 0) is 20.0 Å². The van der Waals surface area contributed by atoms with Gasteiger partial charge in [-0.15, -0.1) is 0 Å². The Morgan fingerprint density at radius 2 is 1.26 bits per heavy atom. The molecule has 0 radical (unpaired) electrons. The minimum atomic E-state index is -3.92. The Balaban J connectivity index is 1.78. The summed E-state index contributed by atoms with van der Waals surface area (Å²) in [6, 6.07) is 14.3. The maximum atomic E-state index is 12.9. The third kappa shape index (κ3) is 4.60. The number of anilines is 2. The van der Waals surface area contributed by atoms with E-state index in [9.17, 15) is 21.2 Å². The maximum absolute atomic E-state index is 12.9. The van der Waals surface area contributed by atoms with Crippen LogP contribution in [0.3, 0.4) is 0 Å². The van der Waals surface area contributed by atoms with E-state index in [1.807, 2.05) is 0 Å². The topological polar surface area (TPSA) is 105 Å². The average Bonchev–Trinajstić information content (AvgIpc) is 2.63. The van der Waals surface area contributed by atoms with Crippen LogP contribution in [0.25, 0.3) is 0 Å². The standard InChI is InChI=1S/C17H14FN3O4S2/c18-13-4-8-15(9-5-13)26(22,23)20-14-6-10-16(11-7-14)27(24,25)21-17-3-1-2-12-19-17/h1-12,20H,(H,19,21). The van der Waals surface area contributed by atoms with Crippen molar-refractivity contribution in [2.45, 2.75) is 9.79 Å². The van der Waals surface area contributed by atoms with E-state index < -0.39 is 25.9 Å². The monoisotopic (exact) mass is 407 g/mol. The summed E-state index contributed by atoms with van der Waals surface area (Å²) in [7, 11) is -7.78. The van der Waals surface area contributed by atoms with Gasteiger partial charge >= 0.3 is 0 Å². The second-order valence-corrected chi connectivity index (χ2v) is 8.77. The lowest BCUT2D eigenvalue weighted by atomic mass is 10.3. The Labute approximate surface area is 156 Å². The number of sulfonamides is 2. The summed E-state index contributed by atoms with van der Waals surface area (Å²) in [5, 5.41) is 0. The van der Waals surface area contributed by atoms with Crippen molar-refractivity contribution < 1.29 is 21.2 Å². The molecule has 3 aromatic rings. The predicted octanol–water partition coefficient (Wildman–Crippen LogP) is 2.82. The van der Waals surface area contributed by atoms with Crippen LogP contribution in [0.2, 0.25) is 0 Å². The van der Waals surface area contributed by atoms with Crippen LogP contribution in [0, 0.1) is 5.82 Å². The third-order valence-corrected chi connectivity index (χ3v) is 6.21. The van der Waals surface area contributed by atoms with E-state index in [0.29, 0.717) is 0 Å². The van der Waals surface area contributed by atoms with Crippen LogP contribution >= 0.6 is 0 Å². The van der Waals surface area contributed by atoms with E-state index in [4.69, 9.17) is 0 Å². The number of hydrogen-bond acceptors (Lipinski definition) is 5. The van der Waals surface area contributed by atoms with Crippen LogP contribution in [0.4, 0.5) is 15.9 Å². The normalized spacial score (nSPS) is 11.7. The molecule has 0 saturated carbocycles.